The van der Waals surface area contributed by atoms with Gasteiger partial charge in [0, 0.05) is 24.7 Å². The zero-order valence-corrected chi connectivity index (χ0v) is 20.2. The van der Waals surface area contributed by atoms with Crippen molar-refractivity contribution in [3.63, 3.8) is 0 Å². The van der Waals surface area contributed by atoms with E-state index in [0.717, 1.165) is 5.52 Å². The summed E-state index contributed by atoms with van der Waals surface area (Å²) in [6, 6.07) is 5.66. The van der Waals surface area contributed by atoms with E-state index in [-0.39, 0.29) is 29.5 Å². The van der Waals surface area contributed by atoms with Crippen LogP contribution in [0.15, 0.2) is 24.3 Å². The molecule has 0 radical (unpaired) electrons. The predicted octanol–water partition coefficient (Wildman–Crippen LogP) is 4.73. The van der Waals surface area contributed by atoms with E-state index >= 15 is 0 Å². The van der Waals surface area contributed by atoms with Gasteiger partial charge in [-0.3, -0.25) is 4.68 Å². The second-order valence-corrected chi connectivity index (χ2v) is 9.92. The number of likely N-dealkylation sites (tertiary alicyclic amines) is 1. The number of carbonyl (C=O) groups is 1. The SMILES string of the molecule is CC(C)Nc1nn(C2CCN(C(=O)OC(C)(C)C)CC2)c2cc(-c3cc(F)ccc3O)nnc12. The third-order valence-corrected chi connectivity index (χ3v) is 5.57. The molecular weight excluding hydrogens is 439 g/mol. The topological polar surface area (TPSA) is 105 Å². The molecule has 1 amide bonds. The summed E-state index contributed by atoms with van der Waals surface area (Å²) in [6.45, 7) is 10.7. The number of rotatable bonds is 4. The Balaban J connectivity index is 1.66. The first-order valence-corrected chi connectivity index (χ1v) is 11.5. The minimum absolute atomic E-state index is 0.0297. The van der Waals surface area contributed by atoms with Crippen molar-refractivity contribution in [2.75, 3.05) is 18.4 Å². The molecule has 2 aromatic heterocycles. The molecule has 182 valence electrons. The lowest BCUT2D eigenvalue weighted by Crippen LogP contribution is -2.42. The number of halogens is 1. The largest absolute Gasteiger partial charge is 0.507 e. The molecule has 0 spiro atoms. The van der Waals surface area contributed by atoms with Gasteiger partial charge in [-0.05, 0) is 71.7 Å². The van der Waals surface area contributed by atoms with Crippen molar-refractivity contribution in [2.45, 2.75) is 65.1 Å². The number of nitrogens with zero attached hydrogens (tertiary/aromatic N) is 5. The Kier molecular flexibility index (Phi) is 6.33. The third kappa shape index (κ3) is 5.05. The average Bonchev–Trinajstić information content (AvgIpc) is 3.11. The molecule has 0 saturated carbocycles. The summed E-state index contributed by atoms with van der Waals surface area (Å²) in [5.41, 5.74) is 1.41. The molecule has 1 aliphatic rings. The molecule has 3 aromatic rings. The highest BCUT2D eigenvalue weighted by Crippen LogP contribution is 2.34. The van der Waals surface area contributed by atoms with E-state index in [1.807, 2.05) is 39.3 Å². The van der Waals surface area contributed by atoms with E-state index in [4.69, 9.17) is 9.84 Å². The summed E-state index contributed by atoms with van der Waals surface area (Å²) in [6.07, 6.45) is 1.08. The number of amides is 1. The third-order valence-electron chi connectivity index (χ3n) is 5.57. The molecule has 1 saturated heterocycles. The highest BCUT2D eigenvalue weighted by atomic mass is 19.1. The van der Waals surface area contributed by atoms with Gasteiger partial charge in [-0.2, -0.15) is 5.10 Å². The molecule has 1 aliphatic heterocycles. The normalized spacial score (nSPS) is 15.2. The zero-order valence-electron chi connectivity index (χ0n) is 20.2. The molecule has 0 unspecified atom stereocenters. The van der Waals surface area contributed by atoms with E-state index in [9.17, 15) is 14.3 Å². The monoisotopic (exact) mass is 470 g/mol. The maximum atomic E-state index is 13.8. The second kappa shape index (κ2) is 9.08. The molecule has 4 rings (SSSR count). The second-order valence-electron chi connectivity index (χ2n) is 9.92. The number of fused-ring (bicyclic) bond motifs is 1. The lowest BCUT2D eigenvalue weighted by atomic mass is 10.1. The summed E-state index contributed by atoms with van der Waals surface area (Å²) in [7, 11) is 0. The smallest absolute Gasteiger partial charge is 0.410 e. The molecule has 0 atom stereocenters. The highest BCUT2D eigenvalue weighted by molar-refractivity contribution is 5.88. The van der Waals surface area contributed by atoms with Crippen molar-refractivity contribution in [1.29, 1.82) is 0 Å². The molecule has 3 heterocycles. The Morgan fingerprint density at radius 3 is 2.56 bits per heavy atom. The minimum atomic E-state index is -0.541. The highest BCUT2D eigenvalue weighted by Gasteiger charge is 2.29. The van der Waals surface area contributed by atoms with Gasteiger partial charge in [-0.1, -0.05) is 0 Å². The zero-order chi connectivity index (χ0) is 24.6. The Hall–Kier alpha value is -3.43. The molecule has 0 bridgehead atoms. The van der Waals surface area contributed by atoms with Crippen molar-refractivity contribution in [1.82, 2.24) is 24.9 Å². The van der Waals surface area contributed by atoms with Gasteiger partial charge < -0.3 is 20.1 Å². The fraction of sp³-hybridized carbons (Fsp3) is 0.500. The van der Waals surface area contributed by atoms with Gasteiger partial charge in [-0.25, -0.2) is 9.18 Å². The molecule has 10 heteroatoms. The van der Waals surface area contributed by atoms with E-state index < -0.39 is 11.4 Å². The van der Waals surface area contributed by atoms with Crippen LogP contribution in [0.25, 0.3) is 22.3 Å². The number of ether oxygens (including phenoxy) is 1. The number of aromatic hydroxyl groups is 1. The number of hydrogen-bond acceptors (Lipinski definition) is 7. The number of phenolic OH excluding ortho intramolecular Hbond substituents is 1. The maximum Gasteiger partial charge on any atom is 0.410 e. The van der Waals surface area contributed by atoms with Gasteiger partial charge in [0.25, 0.3) is 0 Å². The van der Waals surface area contributed by atoms with Crippen molar-refractivity contribution >= 4 is 22.9 Å². The van der Waals surface area contributed by atoms with Crippen molar-refractivity contribution in [3.05, 3.63) is 30.1 Å². The molecule has 0 aliphatic carbocycles. The van der Waals surface area contributed by atoms with Gasteiger partial charge in [0.2, 0.25) is 0 Å². The van der Waals surface area contributed by atoms with Crippen LogP contribution in [0, 0.1) is 5.82 Å². The Labute approximate surface area is 197 Å². The van der Waals surface area contributed by atoms with Gasteiger partial charge in [-0.15, -0.1) is 10.2 Å². The van der Waals surface area contributed by atoms with Crippen LogP contribution in [-0.2, 0) is 4.74 Å². The molecular formula is C24H31FN6O3. The first-order chi connectivity index (χ1) is 16.0. The summed E-state index contributed by atoms with van der Waals surface area (Å²) in [5, 5.41) is 26.9. The molecule has 34 heavy (non-hydrogen) atoms. The summed E-state index contributed by atoms with van der Waals surface area (Å²) in [4.78, 5) is 14.2. The van der Waals surface area contributed by atoms with Crippen LogP contribution in [0.3, 0.4) is 0 Å². The first kappa shape index (κ1) is 23.7. The summed E-state index contributed by atoms with van der Waals surface area (Å²) >= 11 is 0. The van der Waals surface area contributed by atoms with Gasteiger partial charge in [0.15, 0.2) is 11.3 Å². The molecule has 2 N–H and O–H groups in total. The van der Waals surface area contributed by atoms with Crippen LogP contribution >= 0.6 is 0 Å². The standard InChI is InChI=1S/C24H31FN6O3/c1-14(2)26-22-21-19(13-18(27-28-21)17-12-15(25)6-7-20(17)32)31(29-22)16-8-10-30(11-9-16)23(33)34-24(3,4)5/h6-7,12-14,16,32H,8-11H2,1-5H3,(H,26,29). The average molecular weight is 471 g/mol. The van der Waals surface area contributed by atoms with Crippen LogP contribution in [0.1, 0.15) is 53.5 Å². The van der Waals surface area contributed by atoms with Crippen LogP contribution in [0.5, 0.6) is 5.75 Å². The number of phenols is 1. The van der Waals surface area contributed by atoms with Gasteiger partial charge in [0.05, 0.1) is 17.3 Å². The summed E-state index contributed by atoms with van der Waals surface area (Å²) < 4.78 is 21.2. The van der Waals surface area contributed by atoms with Gasteiger partial charge in [0.1, 0.15) is 17.2 Å². The van der Waals surface area contributed by atoms with Crippen LogP contribution in [-0.4, -0.2) is 60.8 Å². The number of anilines is 1. The first-order valence-electron chi connectivity index (χ1n) is 11.5. The predicted molar refractivity (Wildman–Crippen MR) is 127 cm³/mol. The number of aromatic nitrogens is 4. The lowest BCUT2D eigenvalue weighted by molar-refractivity contribution is 0.0186. The molecule has 1 aromatic carbocycles. The summed E-state index contributed by atoms with van der Waals surface area (Å²) in [5.74, 6) is 0.0642. The van der Waals surface area contributed by atoms with Crippen molar-refractivity contribution < 1.29 is 19.0 Å². The fourth-order valence-corrected chi connectivity index (χ4v) is 4.05. The lowest BCUT2D eigenvalue weighted by Gasteiger charge is -2.33. The molecule has 1 fully saturated rings. The minimum Gasteiger partial charge on any atom is -0.507 e. The maximum absolute atomic E-state index is 13.8. The van der Waals surface area contributed by atoms with Crippen molar-refractivity contribution in [2.24, 2.45) is 0 Å². The Morgan fingerprint density at radius 1 is 1.21 bits per heavy atom. The number of piperidine rings is 1. The fourth-order valence-electron chi connectivity index (χ4n) is 4.05. The van der Waals surface area contributed by atoms with Crippen LogP contribution in [0.2, 0.25) is 0 Å². The van der Waals surface area contributed by atoms with Gasteiger partial charge >= 0.3 is 6.09 Å². The van der Waals surface area contributed by atoms with E-state index in [1.54, 1.807) is 11.0 Å². The van der Waals surface area contributed by atoms with E-state index in [1.165, 1.54) is 18.2 Å². The van der Waals surface area contributed by atoms with E-state index in [0.29, 0.717) is 43.0 Å². The number of nitrogens with one attached hydrogen (secondary N) is 1. The van der Waals surface area contributed by atoms with Crippen LogP contribution < -0.4 is 5.32 Å². The number of carbonyl (C=O) groups excluding carboxylic acids is 1. The molecule has 9 nitrogen and oxygen atoms in total. The quantitative estimate of drug-likeness (QED) is 0.568. The van der Waals surface area contributed by atoms with Crippen molar-refractivity contribution in [3.8, 4) is 17.0 Å². The Bertz CT molecular complexity index is 1200. The van der Waals surface area contributed by atoms with E-state index in [2.05, 4.69) is 15.5 Å². The van der Waals surface area contributed by atoms with Crippen LogP contribution in [0.4, 0.5) is 15.0 Å². The number of hydrogen-bond donors (Lipinski definition) is 2. The Morgan fingerprint density at radius 2 is 1.91 bits per heavy atom. The number of benzene rings is 1.